The summed E-state index contributed by atoms with van der Waals surface area (Å²) in [5.41, 5.74) is 3.89. The first kappa shape index (κ1) is 12.8. The number of hydrogen-bond acceptors (Lipinski definition) is 2. The highest BCUT2D eigenvalue weighted by Gasteiger charge is 2.27. The summed E-state index contributed by atoms with van der Waals surface area (Å²) in [6, 6.07) is 16.8. The molecule has 2 heteroatoms. The van der Waals surface area contributed by atoms with Crippen LogP contribution in [0.25, 0.3) is 0 Å². The molecule has 2 aromatic rings. The molecule has 0 amide bonds. The lowest BCUT2D eigenvalue weighted by atomic mass is 9.74. The molecule has 0 bridgehead atoms. The topological polar surface area (TPSA) is 20.2 Å². The van der Waals surface area contributed by atoms with E-state index in [1.807, 2.05) is 12.1 Å². The second-order valence-electron chi connectivity index (χ2n) is 5.12. The van der Waals surface area contributed by atoms with E-state index in [0.29, 0.717) is 5.92 Å². The van der Waals surface area contributed by atoms with Gasteiger partial charge in [0, 0.05) is 4.90 Å². The fourth-order valence-corrected chi connectivity index (χ4v) is 3.21. The number of thioether (sulfide) groups is 1. The largest absolute Gasteiger partial charge is 0.388 e. The molecule has 2 unspecified atom stereocenters. The minimum absolute atomic E-state index is 0.353. The molecule has 1 aliphatic rings. The SMILES string of the molecule is CSc1ccc(C(O)CC2Cc3ccccc32)cc1. The number of fused-ring (bicyclic) bond motifs is 1. The average Bonchev–Trinajstić information content (AvgIpc) is 2.44. The van der Waals surface area contributed by atoms with Crippen LogP contribution in [0.4, 0.5) is 0 Å². The zero-order valence-corrected chi connectivity index (χ0v) is 11.9. The molecule has 0 radical (unpaired) electrons. The van der Waals surface area contributed by atoms with Crippen LogP contribution in [0, 0.1) is 0 Å². The van der Waals surface area contributed by atoms with Crippen molar-refractivity contribution in [2.75, 3.05) is 6.26 Å². The van der Waals surface area contributed by atoms with Crippen molar-refractivity contribution in [1.29, 1.82) is 0 Å². The Morgan fingerprint density at radius 3 is 2.58 bits per heavy atom. The van der Waals surface area contributed by atoms with Gasteiger partial charge < -0.3 is 5.11 Å². The smallest absolute Gasteiger partial charge is 0.0796 e. The molecule has 0 spiro atoms. The average molecular weight is 270 g/mol. The molecule has 3 rings (SSSR count). The molecule has 19 heavy (non-hydrogen) atoms. The molecule has 0 saturated heterocycles. The van der Waals surface area contributed by atoms with Crippen molar-refractivity contribution in [3.63, 3.8) is 0 Å². The Morgan fingerprint density at radius 1 is 1.16 bits per heavy atom. The quantitative estimate of drug-likeness (QED) is 0.841. The maximum atomic E-state index is 10.3. The predicted molar refractivity (Wildman–Crippen MR) is 80.7 cm³/mol. The lowest BCUT2D eigenvalue weighted by Gasteiger charge is -2.31. The van der Waals surface area contributed by atoms with Crippen LogP contribution in [0.2, 0.25) is 0 Å². The van der Waals surface area contributed by atoms with Gasteiger partial charge in [0.05, 0.1) is 6.10 Å². The zero-order valence-electron chi connectivity index (χ0n) is 11.0. The van der Waals surface area contributed by atoms with Gasteiger partial charge in [-0.15, -0.1) is 11.8 Å². The van der Waals surface area contributed by atoms with Crippen LogP contribution in [-0.2, 0) is 6.42 Å². The van der Waals surface area contributed by atoms with Crippen molar-refractivity contribution < 1.29 is 5.11 Å². The van der Waals surface area contributed by atoms with Gasteiger partial charge in [-0.3, -0.25) is 0 Å². The van der Waals surface area contributed by atoms with E-state index in [1.165, 1.54) is 16.0 Å². The van der Waals surface area contributed by atoms with E-state index in [9.17, 15) is 5.11 Å². The highest BCUT2D eigenvalue weighted by Crippen LogP contribution is 2.40. The van der Waals surface area contributed by atoms with Crippen LogP contribution >= 0.6 is 11.8 Å². The summed E-state index contributed by atoms with van der Waals surface area (Å²) in [4.78, 5) is 1.24. The van der Waals surface area contributed by atoms with Crippen LogP contribution in [0.1, 0.15) is 35.1 Å². The Kier molecular flexibility index (Phi) is 3.63. The van der Waals surface area contributed by atoms with E-state index < -0.39 is 0 Å². The lowest BCUT2D eigenvalue weighted by Crippen LogP contribution is -2.19. The Labute approximate surface area is 118 Å². The van der Waals surface area contributed by atoms with Crippen molar-refractivity contribution in [3.05, 3.63) is 65.2 Å². The van der Waals surface area contributed by atoms with Crippen molar-refractivity contribution in [3.8, 4) is 0 Å². The molecule has 98 valence electrons. The third-order valence-electron chi connectivity index (χ3n) is 3.97. The first-order valence-corrected chi connectivity index (χ1v) is 7.90. The molecular formula is C17H18OS. The summed E-state index contributed by atoms with van der Waals surface area (Å²) in [5, 5.41) is 10.3. The van der Waals surface area contributed by atoms with Crippen LogP contribution < -0.4 is 0 Å². The molecule has 1 N–H and O–H groups in total. The Bertz CT molecular complexity index is 562. The zero-order chi connectivity index (χ0) is 13.2. The number of rotatable bonds is 4. The summed E-state index contributed by atoms with van der Waals surface area (Å²) in [7, 11) is 0. The van der Waals surface area contributed by atoms with Gasteiger partial charge in [-0.2, -0.15) is 0 Å². The molecule has 0 fully saturated rings. The maximum Gasteiger partial charge on any atom is 0.0796 e. The molecule has 2 atom stereocenters. The van der Waals surface area contributed by atoms with Crippen molar-refractivity contribution in [1.82, 2.24) is 0 Å². The molecule has 2 aromatic carbocycles. The summed E-state index contributed by atoms with van der Waals surface area (Å²) < 4.78 is 0. The van der Waals surface area contributed by atoms with Gasteiger partial charge in [0.1, 0.15) is 0 Å². The van der Waals surface area contributed by atoms with E-state index in [4.69, 9.17) is 0 Å². The highest BCUT2D eigenvalue weighted by molar-refractivity contribution is 7.98. The van der Waals surface area contributed by atoms with Gasteiger partial charge in [-0.05, 0) is 53.8 Å². The van der Waals surface area contributed by atoms with Crippen LogP contribution in [0.5, 0.6) is 0 Å². The number of hydrogen-bond donors (Lipinski definition) is 1. The van der Waals surface area contributed by atoms with Gasteiger partial charge in [-0.1, -0.05) is 36.4 Å². The Hall–Kier alpha value is -1.25. The van der Waals surface area contributed by atoms with Crippen LogP contribution in [-0.4, -0.2) is 11.4 Å². The molecular weight excluding hydrogens is 252 g/mol. The van der Waals surface area contributed by atoms with E-state index in [-0.39, 0.29) is 6.10 Å². The van der Waals surface area contributed by atoms with E-state index in [1.54, 1.807) is 11.8 Å². The maximum absolute atomic E-state index is 10.3. The van der Waals surface area contributed by atoms with Gasteiger partial charge in [0.25, 0.3) is 0 Å². The summed E-state index contributed by atoms with van der Waals surface area (Å²) >= 11 is 1.73. The van der Waals surface area contributed by atoms with Crippen LogP contribution in [0.3, 0.4) is 0 Å². The van der Waals surface area contributed by atoms with Gasteiger partial charge in [0.15, 0.2) is 0 Å². The normalized spacial score (nSPS) is 18.5. The Morgan fingerprint density at radius 2 is 1.89 bits per heavy atom. The minimum Gasteiger partial charge on any atom is -0.388 e. The predicted octanol–water partition coefficient (Wildman–Crippen LogP) is 4.17. The van der Waals surface area contributed by atoms with E-state index in [2.05, 4.69) is 42.7 Å². The van der Waals surface area contributed by atoms with E-state index in [0.717, 1.165) is 18.4 Å². The second-order valence-corrected chi connectivity index (χ2v) is 6.00. The van der Waals surface area contributed by atoms with Crippen molar-refractivity contribution >= 4 is 11.8 Å². The monoisotopic (exact) mass is 270 g/mol. The fourth-order valence-electron chi connectivity index (χ4n) is 2.80. The molecule has 0 aromatic heterocycles. The number of aliphatic hydroxyl groups excluding tert-OH is 1. The molecule has 0 aliphatic heterocycles. The van der Waals surface area contributed by atoms with Gasteiger partial charge in [0.2, 0.25) is 0 Å². The molecule has 1 nitrogen and oxygen atoms in total. The minimum atomic E-state index is -0.353. The molecule has 0 saturated carbocycles. The summed E-state index contributed by atoms with van der Waals surface area (Å²) in [6.45, 7) is 0. The lowest BCUT2D eigenvalue weighted by molar-refractivity contribution is 0.153. The fraction of sp³-hybridized carbons (Fsp3) is 0.294. The summed E-state index contributed by atoms with van der Waals surface area (Å²) in [5.74, 6) is 0.520. The first-order chi connectivity index (χ1) is 9.28. The number of benzene rings is 2. The van der Waals surface area contributed by atoms with Crippen molar-refractivity contribution in [2.24, 2.45) is 0 Å². The second kappa shape index (κ2) is 5.40. The highest BCUT2D eigenvalue weighted by atomic mass is 32.2. The summed E-state index contributed by atoms with van der Waals surface area (Å²) in [6.07, 6.45) is 3.65. The third-order valence-corrected chi connectivity index (χ3v) is 4.71. The van der Waals surface area contributed by atoms with Gasteiger partial charge >= 0.3 is 0 Å². The van der Waals surface area contributed by atoms with Crippen molar-refractivity contribution in [2.45, 2.75) is 29.8 Å². The molecule has 1 aliphatic carbocycles. The number of aliphatic hydroxyl groups is 1. The van der Waals surface area contributed by atoms with Crippen LogP contribution in [0.15, 0.2) is 53.4 Å². The first-order valence-electron chi connectivity index (χ1n) is 6.67. The third kappa shape index (κ3) is 2.56. The van der Waals surface area contributed by atoms with E-state index >= 15 is 0 Å². The van der Waals surface area contributed by atoms with Gasteiger partial charge in [-0.25, -0.2) is 0 Å². The molecule has 0 heterocycles. The Balaban J connectivity index is 1.67. The standard InChI is InChI=1S/C17H18OS/c1-19-15-8-6-12(7-9-15)17(18)11-14-10-13-4-2-3-5-16(13)14/h2-9,14,17-18H,10-11H2,1H3.